The molecule has 0 heterocycles. The molecule has 0 unspecified atom stereocenters. The first-order chi connectivity index (χ1) is 8.58. The molecule has 0 aromatic rings. The Morgan fingerprint density at radius 1 is 0.810 bits per heavy atom. The molecule has 6 N–H and O–H groups in total. The van der Waals surface area contributed by atoms with Crippen LogP contribution >= 0.6 is 0 Å². The molecule has 1 saturated carbocycles. The van der Waals surface area contributed by atoms with Crippen LogP contribution in [0.5, 0.6) is 0 Å². The Morgan fingerprint density at radius 3 is 1.33 bits per heavy atom. The number of aliphatic hydroxyl groups excluding tert-OH is 1. The Labute approximate surface area is 151 Å². The monoisotopic (exact) mass is 400 g/mol. The van der Waals surface area contributed by atoms with Crippen LogP contribution in [0.4, 0.5) is 0 Å². The summed E-state index contributed by atoms with van der Waals surface area (Å²) in [6, 6.07) is 3.32. The van der Waals surface area contributed by atoms with Crippen LogP contribution in [0.2, 0.25) is 18.1 Å². The van der Waals surface area contributed by atoms with E-state index in [1.54, 1.807) is 0 Å². The minimum Gasteiger partial charge on any atom is -0.432 e. The van der Waals surface area contributed by atoms with Crippen LogP contribution in [0, 0.1) is 0 Å². The van der Waals surface area contributed by atoms with Gasteiger partial charge in [0.25, 0.3) is 0 Å². The van der Waals surface area contributed by atoms with Gasteiger partial charge in [0.1, 0.15) is 0 Å². The van der Waals surface area contributed by atoms with Gasteiger partial charge in [-0.25, -0.2) is 0 Å². The van der Waals surface area contributed by atoms with E-state index in [1.165, 1.54) is 19.3 Å². The molecule has 0 spiro atoms. The van der Waals surface area contributed by atoms with Crippen molar-refractivity contribution in [2.24, 2.45) is 0 Å². The van der Waals surface area contributed by atoms with Crippen LogP contribution in [0.1, 0.15) is 72.1 Å². The van der Waals surface area contributed by atoms with Crippen LogP contribution < -0.4 is 0 Å². The summed E-state index contributed by atoms with van der Waals surface area (Å²) in [6.07, 6.45) is 9.39. The largest absolute Gasteiger partial charge is 0.432 e. The first-order valence-corrected chi connectivity index (χ1v) is 10.5. The van der Waals surface area contributed by atoms with Gasteiger partial charge >= 0.3 is 0 Å². The molecule has 1 rings (SSSR count). The van der Waals surface area contributed by atoms with Crippen molar-refractivity contribution in [3.8, 4) is 0 Å². The first kappa shape index (κ1) is 29.9. The Bertz CT molecular complexity index is 173. The van der Waals surface area contributed by atoms with E-state index in [2.05, 4.69) is 20.8 Å². The fourth-order valence-corrected chi connectivity index (χ4v) is 6.39. The Balaban J connectivity index is -0.000000127. The quantitative estimate of drug-likeness (QED) is 0.668. The molecule has 0 aromatic heterocycles. The molecule has 0 aliphatic heterocycles. The van der Waals surface area contributed by atoms with Crippen molar-refractivity contribution in [3.05, 3.63) is 0 Å². The Kier molecular flexibility index (Phi) is 27.0. The fourth-order valence-electron chi connectivity index (χ4n) is 2.85. The van der Waals surface area contributed by atoms with Gasteiger partial charge in [-0.15, -0.1) is 0 Å². The predicted octanol–water partition coefficient (Wildman–Crippen LogP) is 2.81. The van der Waals surface area contributed by atoms with Gasteiger partial charge < -0.3 is 20.9 Å². The molecule has 0 saturated heterocycles. The van der Waals surface area contributed by atoms with Gasteiger partial charge in [-0.1, -0.05) is 59.3 Å². The number of aliphatic hydroxyl groups is 1. The van der Waals surface area contributed by atoms with E-state index in [4.69, 9.17) is 5.11 Å². The summed E-state index contributed by atoms with van der Waals surface area (Å²) in [6.45, 7) is 6.51. The number of rotatable bonds is 6. The fraction of sp³-hybridized carbons (Fsp3) is 1.00. The summed E-state index contributed by atoms with van der Waals surface area (Å²) in [5, 5.41) is 8.91. The van der Waals surface area contributed by atoms with Crippen molar-refractivity contribution in [2.75, 3.05) is 0 Å². The van der Waals surface area contributed by atoms with Crippen molar-refractivity contribution in [2.45, 2.75) is 96.4 Å². The Hall–Kier alpha value is 0.940. The summed E-state index contributed by atoms with van der Waals surface area (Å²) >= 11 is 0. The smallest absolute Gasteiger partial charge is 0.188 e. The molecule has 130 valence electrons. The zero-order valence-corrected chi connectivity index (χ0v) is 17.7. The second kappa shape index (κ2) is 19.0. The van der Waals surface area contributed by atoms with Crippen molar-refractivity contribution < 1.29 is 47.1 Å². The average molecular weight is 402 g/mol. The standard InChI is InChI=1S/C9H22OSi.C6H12O.2H2O.Zr/c1-4-7-11(10,8-5-2)9-6-3;7-6-4-2-1-3-5-6;;;/h10H,4-9H2,1-3H3;6-7H,1-5H2;2*1H2;. The zero-order valence-electron chi connectivity index (χ0n) is 14.2. The molecule has 1 aliphatic carbocycles. The van der Waals surface area contributed by atoms with E-state index in [1.807, 2.05) is 0 Å². The third-order valence-electron chi connectivity index (χ3n) is 3.72. The predicted molar refractivity (Wildman–Crippen MR) is 89.6 cm³/mol. The van der Waals surface area contributed by atoms with E-state index >= 15 is 0 Å². The second-order valence-electron chi connectivity index (χ2n) is 5.77. The van der Waals surface area contributed by atoms with Crippen molar-refractivity contribution in [1.29, 1.82) is 0 Å². The Morgan fingerprint density at radius 2 is 1.14 bits per heavy atom. The molecule has 0 amide bonds. The van der Waals surface area contributed by atoms with Gasteiger partial charge in [-0.05, 0) is 31.0 Å². The first-order valence-electron chi connectivity index (χ1n) is 7.98. The molecule has 0 radical (unpaired) electrons. The van der Waals surface area contributed by atoms with Crippen LogP contribution in [0.3, 0.4) is 0 Å². The summed E-state index contributed by atoms with van der Waals surface area (Å²) in [7, 11) is -1.75. The third-order valence-corrected chi connectivity index (χ3v) is 8.01. The molecule has 6 heteroatoms. The number of hydrogen-bond acceptors (Lipinski definition) is 2. The van der Waals surface area contributed by atoms with Crippen LogP contribution in [-0.2, 0) is 26.2 Å². The van der Waals surface area contributed by atoms with E-state index in [-0.39, 0.29) is 43.3 Å². The van der Waals surface area contributed by atoms with Crippen LogP contribution in [0.25, 0.3) is 0 Å². The second-order valence-corrected chi connectivity index (χ2v) is 9.71. The van der Waals surface area contributed by atoms with Crippen molar-refractivity contribution in [1.82, 2.24) is 0 Å². The van der Waals surface area contributed by atoms with Gasteiger partial charge in [0.15, 0.2) is 8.32 Å². The molecule has 1 fully saturated rings. The average Bonchev–Trinajstić information content (AvgIpc) is 2.31. The van der Waals surface area contributed by atoms with Crippen molar-refractivity contribution >= 4 is 8.32 Å². The van der Waals surface area contributed by atoms with E-state index in [0.29, 0.717) is 0 Å². The molecular formula is C15H38O4SiZr. The van der Waals surface area contributed by atoms with E-state index < -0.39 is 8.32 Å². The summed E-state index contributed by atoms with van der Waals surface area (Å²) < 4.78 is 0. The zero-order chi connectivity index (χ0) is 13.9. The summed E-state index contributed by atoms with van der Waals surface area (Å²) in [4.78, 5) is 10.2. The third kappa shape index (κ3) is 17.1. The van der Waals surface area contributed by atoms with Gasteiger partial charge in [0, 0.05) is 26.2 Å². The van der Waals surface area contributed by atoms with Gasteiger partial charge in [0.2, 0.25) is 0 Å². The van der Waals surface area contributed by atoms with Crippen LogP contribution in [-0.4, -0.2) is 35.3 Å². The van der Waals surface area contributed by atoms with Crippen LogP contribution in [0.15, 0.2) is 0 Å². The summed E-state index contributed by atoms with van der Waals surface area (Å²) in [5.41, 5.74) is 0. The normalized spacial score (nSPS) is 14.7. The molecule has 21 heavy (non-hydrogen) atoms. The SMILES string of the molecule is CCC[Si](O)(CCC)CCC.O.O.OC1CCCCC1.[Zr]. The van der Waals surface area contributed by atoms with Gasteiger partial charge in [-0.3, -0.25) is 0 Å². The molecule has 1 aliphatic rings. The van der Waals surface area contributed by atoms with E-state index in [9.17, 15) is 4.80 Å². The molecule has 0 bridgehead atoms. The van der Waals surface area contributed by atoms with Gasteiger partial charge in [0.05, 0.1) is 6.10 Å². The minimum absolute atomic E-state index is 0. The maximum Gasteiger partial charge on any atom is 0.188 e. The van der Waals surface area contributed by atoms with Crippen molar-refractivity contribution in [3.63, 3.8) is 0 Å². The van der Waals surface area contributed by atoms with E-state index in [0.717, 1.165) is 50.2 Å². The maximum atomic E-state index is 10.2. The molecule has 0 atom stereocenters. The molecule has 0 aromatic carbocycles. The minimum atomic E-state index is -1.75. The molecule has 4 nitrogen and oxygen atoms in total. The topological polar surface area (TPSA) is 103 Å². The number of hydrogen-bond donors (Lipinski definition) is 2. The van der Waals surface area contributed by atoms with Gasteiger partial charge in [-0.2, -0.15) is 0 Å². The summed E-state index contributed by atoms with van der Waals surface area (Å²) in [5.74, 6) is 0. The maximum absolute atomic E-state index is 10.2. The molecular weight excluding hydrogens is 363 g/mol.